The highest BCUT2D eigenvalue weighted by molar-refractivity contribution is 5.36. The molecule has 0 amide bonds. The van der Waals surface area contributed by atoms with Crippen LogP contribution in [0, 0.1) is 6.92 Å². The van der Waals surface area contributed by atoms with E-state index in [4.69, 9.17) is 0 Å². The first-order valence-electron chi connectivity index (χ1n) is 6.55. The normalized spacial score (nSPS) is 9.79. The number of nitrogens with one attached hydrogen (secondary N) is 3. The van der Waals surface area contributed by atoms with Crippen molar-refractivity contribution < 1.29 is 0 Å². The number of nitrogens with zero attached hydrogens (tertiary/aromatic N) is 1. The predicted octanol–water partition coefficient (Wildman–Crippen LogP) is 2.42. The predicted molar refractivity (Wildman–Crippen MR) is 82.0 cm³/mol. The van der Waals surface area contributed by atoms with Crippen LogP contribution in [-0.2, 0) is 0 Å². The number of pyridine rings is 1. The maximum atomic E-state index is 4.26. The Balaban J connectivity index is 2.13. The molecule has 0 unspecified atom stereocenters. The molecule has 0 radical (unpaired) electrons. The van der Waals surface area contributed by atoms with Crippen LogP contribution in [-0.4, -0.2) is 25.1 Å². The summed E-state index contributed by atoms with van der Waals surface area (Å²) in [4.78, 5) is 4.26. The Labute approximate surface area is 116 Å². The number of likely N-dealkylation sites (N-methyl/N-ethyl adjacent to an activating group) is 1. The number of allylic oxidation sites excluding steroid dienone is 1. The maximum absolute atomic E-state index is 4.26. The molecule has 19 heavy (non-hydrogen) atoms. The fourth-order valence-electron chi connectivity index (χ4n) is 1.56. The zero-order valence-corrected chi connectivity index (χ0v) is 11.9. The number of aromatic nitrogens is 1. The molecular weight excluding hydrogens is 236 g/mol. The molecule has 1 heterocycles. The van der Waals surface area contributed by atoms with Gasteiger partial charge in [0.1, 0.15) is 5.82 Å². The summed E-state index contributed by atoms with van der Waals surface area (Å²) in [7, 11) is 1.87. The smallest absolute Gasteiger partial charge is 0.126 e. The fourth-order valence-corrected chi connectivity index (χ4v) is 1.56. The van der Waals surface area contributed by atoms with Crippen molar-refractivity contribution in [3.63, 3.8) is 0 Å². The minimum absolute atomic E-state index is 0.724. The third kappa shape index (κ3) is 6.50. The van der Waals surface area contributed by atoms with Gasteiger partial charge in [-0.3, -0.25) is 0 Å². The third-order valence-electron chi connectivity index (χ3n) is 2.78. The van der Waals surface area contributed by atoms with E-state index in [9.17, 15) is 0 Å². The monoisotopic (exact) mass is 260 g/mol. The molecule has 1 rings (SSSR count). The Bertz CT molecular complexity index is 426. The number of hydrogen-bond acceptors (Lipinski definition) is 4. The first kappa shape index (κ1) is 15.1. The molecule has 0 aliphatic heterocycles. The van der Waals surface area contributed by atoms with E-state index in [1.54, 1.807) is 0 Å². The largest absolute Gasteiger partial charge is 0.390 e. The Kier molecular flexibility index (Phi) is 6.50. The van der Waals surface area contributed by atoms with Crippen LogP contribution in [0.4, 0.5) is 5.82 Å². The maximum Gasteiger partial charge on any atom is 0.126 e. The van der Waals surface area contributed by atoms with Crippen molar-refractivity contribution in [1.29, 1.82) is 0 Å². The van der Waals surface area contributed by atoms with Crippen molar-refractivity contribution in [2.75, 3.05) is 25.5 Å². The molecule has 0 saturated heterocycles. The summed E-state index contributed by atoms with van der Waals surface area (Å²) in [6.07, 6.45) is 3.78. The summed E-state index contributed by atoms with van der Waals surface area (Å²) >= 11 is 0. The van der Waals surface area contributed by atoms with Crippen LogP contribution in [0.25, 0.3) is 0 Å². The lowest BCUT2D eigenvalue weighted by molar-refractivity contribution is 0.737. The zero-order chi connectivity index (χ0) is 14.1. The molecule has 104 valence electrons. The summed E-state index contributed by atoms with van der Waals surface area (Å²) in [5.74, 6) is 0.933. The fraction of sp³-hybridized carbons (Fsp3) is 0.400. The standard InChI is InChI=1S/C15H24N4/c1-12-7-9-18-15(10-12)17-8-5-6-13(2)19-11-14(3)16-4/h7,9-10,16,19H,2-3,5-6,8,11H2,1,4H3,(H,17,18). The van der Waals surface area contributed by atoms with E-state index < -0.39 is 0 Å². The van der Waals surface area contributed by atoms with Gasteiger partial charge in [0.2, 0.25) is 0 Å². The molecule has 0 saturated carbocycles. The highest BCUT2D eigenvalue weighted by atomic mass is 15.0. The number of rotatable bonds is 9. The molecule has 0 fully saturated rings. The van der Waals surface area contributed by atoms with Gasteiger partial charge in [-0.15, -0.1) is 0 Å². The van der Waals surface area contributed by atoms with Gasteiger partial charge in [0, 0.05) is 31.2 Å². The van der Waals surface area contributed by atoms with Crippen LogP contribution in [0.2, 0.25) is 0 Å². The molecule has 4 nitrogen and oxygen atoms in total. The van der Waals surface area contributed by atoms with Crippen LogP contribution < -0.4 is 16.0 Å². The second-order valence-electron chi connectivity index (χ2n) is 4.56. The summed E-state index contributed by atoms with van der Waals surface area (Å²) in [5.41, 5.74) is 3.22. The van der Waals surface area contributed by atoms with E-state index in [1.165, 1.54) is 5.56 Å². The Morgan fingerprint density at radius 1 is 1.32 bits per heavy atom. The minimum Gasteiger partial charge on any atom is -0.390 e. The molecule has 0 atom stereocenters. The van der Waals surface area contributed by atoms with Gasteiger partial charge >= 0.3 is 0 Å². The van der Waals surface area contributed by atoms with E-state index in [-0.39, 0.29) is 0 Å². The molecule has 3 N–H and O–H groups in total. The molecule has 1 aromatic heterocycles. The molecule has 0 spiro atoms. The minimum atomic E-state index is 0.724. The molecule has 0 bridgehead atoms. The van der Waals surface area contributed by atoms with Crippen molar-refractivity contribution in [3.8, 4) is 0 Å². The summed E-state index contributed by atoms with van der Waals surface area (Å²) < 4.78 is 0. The summed E-state index contributed by atoms with van der Waals surface area (Å²) in [5, 5.41) is 9.54. The Hall–Kier alpha value is -1.97. The second-order valence-corrected chi connectivity index (χ2v) is 4.56. The van der Waals surface area contributed by atoms with E-state index in [1.807, 2.05) is 25.4 Å². The van der Waals surface area contributed by atoms with Crippen LogP contribution in [0.15, 0.2) is 42.9 Å². The van der Waals surface area contributed by atoms with Gasteiger partial charge in [-0.1, -0.05) is 13.2 Å². The molecular formula is C15H24N4. The summed E-state index contributed by atoms with van der Waals surface area (Å²) in [6, 6.07) is 4.04. The second kappa shape index (κ2) is 8.19. The molecule has 0 aliphatic rings. The van der Waals surface area contributed by atoms with Gasteiger partial charge in [0.15, 0.2) is 0 Å². The van der Waals surface area contributed by atoms with Gasteiger partial charge < -0.3 is 16.0 Å². The average Bonchev–Trinajstić information content (AvgIpc) is 2.41. The third-order valence-corrected chi connectivity index (χ3v) is 2.78. The highest BCUT2D eigenvalue weighted by Gasteiger charge is 1.97. The quantitative estimate of drug-likeness (QED) is 0.597. The first-order valence-corrected chi connectivity index (χ1v) is 6.55. The SMILES string of the molecule is C=C(CNC(=C)CCCNc1cc(C)ccn1)NC. The van der Waals surface area contributed by atoms with E-state index in [0.717, 1.165) is 43.1 Å². The van der Waals surface area contributed by atoms with Gasteiger partial charge in [-0.2, -0.15) is 0 Å². The molecule has 1 aromatic rings. The van der Waals surface area contributed by atoms with Crippen LogP contribution >= 0.6 is 0 Å². The zero-order valence-electron chi connectivity index (χ0n) is 11.9. The molecule has 0 aromatic carbocycles. The number of aryl methyl sites for hydroxylation is 1. The van der Waals surface area contributed by atoms with Gasteiger partial charge in [-0.25, -0.2) is 4.98 Å². The van der Waals surface area contributed by atoms with Crippen molar-refractivity contribution in [2.24, 2.45) is 0 Å². The van der Waals surface area contributed by atoms with E-state index in [0.29, 0.717) is 0 Å². The van der Waals surface area contributed by atoms with Crippen LogP contribution in [0.5, 0.6) is 0 Å². The van der Waals surface area contributed by atoms with Crippen molar-refractivity contribution in [1.82, 2.24) is 15.6 Å². The lowest BCUT2D eigenvalue weighted by atomic mass is 10.2. The highest BCUT2D eigenvalue weighted by Crippen LogP contribution is 2.06. The Morgan fingerprint density at radius 2 is 2.11 bits per heavy atom. The topological polar surface area (TPSA) is 49.0 Å². The molecule has 0 aliphatic carbocycles. The first-order chi connectivity index (χ1) is 9.11. The summed E-state index contributed by atoms with van der Waals surface area (Å²) in [6.45, 7) is 11.5. The van der Waals surface area contributed by atoms with Crippen molar-refractivity contribution >= 4 is 5.82 Å². The van der Waals surface area contributed by atoms with E-state index >= 15 is 0 Å². The van der Waals surface area contributed by atoms with Crippen LogP contribution in [0.1, 0.15) is 18.4 Å². The lowest BCUT2D eigenvalue weighted by Gasteiger charge is -2.11. The average molecular weight is 260 g/mol. The van der Waals surface area contributed by atoms with Crippen molar-refractivity contribution in [3.05, 3.63) is 48.4 Å². The van der Waals surface area contributed by atoms with E-state index in [2.05, 4.69) is 41.0 Å². The van der Waals surface area contributed by atoms with Crippen LogP contribution in [0.3, 0.4) is 0 Å². The lowest BCUT2D eigenvalue weighted by Crippen LogP contribution is -2.21. The number of hydrogen-bond donors (Lipinski definition) is 3. The number of anilines is 1. The van der Waals surface area contributed by atoms with Gasteiger partial charge in [0.25, 0.3) is 0 Å². The van der Waals surface area contributed by atoms with Gasteiger partial charge in [-0.05, 0) is 37.5 Å². The molecule has 4 heteroatoms. The van der Waals surface area contributed by atoms with Crippen molar-refractivity contribution in [2.45, 2.75) is 19.8 Å². The Morgan fingerprint density at radius 3 is 2.79 bits per heavy atom. The van der Waals surface area contributed by atoms with Gasteiger partial charge in [0.05, 0.1) is 6.54 Å².